The van der Waals surface area contributed by atoms with Crippen LogP contribution in [0.1, 0.15) is 46.2 Å². The Morgan fingerprint density at radius 2 is 1.54 bits per heavy atom. The van der Waals surface area contributed by atoms with E-state index in [1.54, 1.807) is 58.9 Å². The van der Waals surface area contributed by atoms with Crippen LogP contribution >= 0.6 is 0 Å². The van der Waals surface area contributed by atoms with Crippen molar-refractivity contribution < 1.29 is 19.5 Å². The summed E-state index contributed by atoms with van der Waals surface area (Å²) in [7, 11) is 0. The number of rotatable bonds is 6. The van der Waals surface area contributed by atoms with Gasteiger partial charge in [0.1, 0.15) is 6.04 Å². The Kier molecular flexibility index (Phi) is 6.51. The van der Waals surface area contributed by atoms with Crippen LogP contribution in [0.3, 0.4) is 0 Å². The van der Waals surface area contributed by atoms with E-state index >= 15 is 0 Å². The van der Waals surface area contributed by atoms with Crippen LogP contribution in [0.2, 0.25) is 0 Å². The summed E-state index contributed by atoms with van der Waals surface area (Å²) in [4.78, 5) is 35.7. The van der Waals surface area contributed by atoms with Gasteiger partial charge in [-0.15, -0.1) is 0 Å². The molecule has 1 rings (SSSR count). The monoisotopic (exact) mass is 334 g/mol. The third-order valence-corrected chi connectivity index (χ3v) is 3.77. The maximum Gasteiger partial charge on any atom is 0.308 e. The molecule has 0 saturated carbocycles. The van der Waals surface area contributed by atoms with E-state index in [9.17, 15) is 19.5 Å². The first-order chi connectivity index (χ1) is 11.0. The first kappa shape index (κ1) is 19.7. The second-order valence-corrected chi connectivity index (χ2v) is 6.97. The maximum atomic E-state index is 12.4. The van der Waals surface area contributed by atoms with Crippen molar-refractivity contribution in [1.82, 2.24) is 10.6 Å². The lowest BCUT2D eigenvalue weighted by atomic mass is 9.93. The van der Waals surface area contributed by atoms with E-state index in [-0.39, 0.29) is 5.91 Å². The summed E-state index contributed by atoms with van der Waals surface area (Å²) >= 11 is 0. The predicted octanol–water partition coefficient (Wildman–Crippen LogP) is 2.12. The molecule has 0 spiro atoms. The average molecular weight is 334 g/mol. The third kappa shape index (κ3) is 5.37. The number of carboxylic acid groups (broad SMARTS) is 1. The Balaban J connectivity index is 2.88. The minimum absolute atomic E-state index is 0.243. The minimum Gasteiger partial charge on any atom is -0.481 e. The van der Waals surface area contributed by atoms with Crippen molar-refractivity contribution in [2.45, 2.75) is 46.7 Å². The molecule has 0 bridgehead atoms. The summed E-state index contributed by atoms with van der Waals surface area (Å²) in [5, 5.41) is 14.7. The first-order valence-electron chi connectivity index (χ1n) is 7.93. The molecular formula is C18H26N2O4. The SMILES string of the molecule is C[C@H](NC(=O)C(C)(C)C)C(=O)N[C@@H](c1ccccc1)[C@@H](C)C(=O)O. The van der Waals surface area contributed by atoms with Crippen molar-refractivity contribution in [3.63, 3.8) is 0 Å². The molecule has 132 valence electrons. The summed E-state index contributed by atoms with van der Waals surface area (Å²) in [5.74, 6) is -2.47. The highest BCUT2D eigenvalue weighted by molar-refractivity contribution is 5.89. The number of aliphatic carboxylic acids is 1. The zero-order valence-corrected chi connectivity index (χ0v) is 14.8. The molecule has 0 unspecified atom stereocenters. The third-order valence-electron chi connectivity index (χ3n) is 3.77. The molecule has 0 saturated heterocycles. The van der Waals surface area contributed by atoms with Crippen molar-refractivity contribution in [3.05, 3.63) is 35.9 Å². The van der Waals surface area contributed by atoms with Gasteiger partial charge in [-0.05, 0) is 19.4 Å². The molecule has 24 heavy (non-hydrogen) atoms. The molecule has 6 nitrogen and oxygen atoms in total. The fourth-order valence-electron chi connectivity index (χ4n) is 2.06. The van der Waals surface area contributed by atoms with Gasteiger partial charge in [-0.3, -0.25) is 14.4 Å². The molecule has 0 aliphatic rings. The van der Waals surface area contributed by atoms with Crippen LogP contribution in [0, 0.1) is 11.3 Å². The topological polar surface area (TPSA) is 95.5 Å². The number of hydrogen-bond acceptors (Lipinski definition) is 3. The van der Waals surface area contributed by atoms with Crippen molar-refractivity contribution >= 4 is 17.8 Å². The largest absolute Gasteiger partial charge is 0.481 e. The van der Waals surface area contributed by atoms with Crippen molar-refractivity contribution in [1.29, 1.82) is 0 Å². The smallest absolute Gasteiger partial charge is 0.308 e. The Morgan fingerprint density at radius 3 is 2.00 bits per heavy atom. The lowest BCUT2D eigenvalue weighted by Gasteiger charge is -2.26. The molecule has 3 N–H and O–H groups in total. The van der Waals surface area contributed by atoms with Crippen LogP contribution in [0.15, 0.2) is 30.3 Å². The molecule has 6 heteroatoms. The molecule has 0 aliphatic carbocycles. The lowest BCUT2D eigenvalue weighted by molar-refractivity contribution is -0.142. The number of carbonyl (C=O) groups excluding carboxylic acids is 2. The van der Waals surface area contributed by atoms with Gasteiger partial charge in [0.05, 0.1) is 12.0 Å². The Morgan fingerprint density at radius 1 is 1.00 bits per heavy atom. The summed E-state index contributed by atoms with van der Waals surface area (Å²) < 4.78 is 0. The van der Waals surface area contributed by atoms with Crippen LogP contribution in [0.5, 0.6) is 0 Å². The van der Waals surface area contributed by atoms with Gasteiger partial charge in [-0.1, -0.05) is 51.1 Å². The molecule has 1 aromatic carbocycles. The van der Waals surface area contributed by atoms with E-state index in [2.05, 4.69) is 10.6 Å². The molecule has 0 heterocycles. The molecule has 0 radical (unpaired) electrons. The van der Waals surface area contributed by atoms with Crippen LogP contribution in [0.25, 0.3) is 0 Å². The summed E-state index contributed by atoms with van der Waals surface area (Å²) in [6.07, 6.45) is 0. The molecule has 2 amide bonds. The van der Waals surface area contributed by atoms with Crippen LogP contribution in [0.4, 0.5) is 0 Å². The molecule has 1 aromatic rings. The van der Waals surface area contributed by atoms with Crippen molar-refractivity contribution in [2.24, 2.45) is 11.3 Å². The summed E-state index contributed by atoms with van der Waals surface area (Å²) in [6.45, 7) is 8.38. The fourth-order valence-corrected chi connectivity index (χ4v) is 2.06. The summed E-state index contributed by atoms with van der Waals surface area (Å²) in [6, 6.07) is 7.49. The molecule has 0 aliphatic heterocycles. The number of carbonyl (C=O) groups is 3. The second-order valence-electron chi connectivity index (χ2n) is 6.97. The van der Waals surface area contributed by atoms with Gasteiger partial charge in [0.15, 0.2) is 0 Å². The Labute approximate surface area is 142 Å². The van der Waals surface area contributed by atoms with E-state index in [4.69, 9.17) is 0 Å². The molecule has 0 fully saturated rings. The molecule has 3 atom stereocenters. The van der Waals surface area contributed by atoms with Crippen LogP contribution in [-0.4, -0.2) is 28.9 Å². The van der Waals surface area contributed by atoms with Crippen LogP contribution in [-0.2, 0) is 14.4 Å². The molecular weight excluding hydrogens is 308 g/mol. The Hall–Kier alpha value is -2.37. The van der Waals surface area contributed by atoms with Crippen molar-refractivity contribution in [2.75, 3.05) is 0 Å². The zero-order valence-electron chi connectivity index (χ0n) is 14.8. The van der Waals surface area contributed by atoms with Gasteiger partial charge in [-0.2, -0.15) is 0 Å². The van der Waals surface area contributed by atoms with Gasteiger partial charge < -0.3 is 15.7 Å². The van der Waals surface area contributed by atoms with Crippen molar-refractivity contribution in [3.8, 4) is 0 Å². The number of carboxylic acids is 1. The highest BCUT2D eigenvalue weighted by Crippen LogP contribution is 2.22. The number of benzene rings is 1. The van der Waals surface area contributed by atoms with E-state index < -0.39 is 35.3 Å². The maximum absolute atomic E-state index is 12.4. The highest BCUT2D eigenvalue weighted by atomic mass is 16.4. The standard InChI is InChI=1S/C18H26N2O4/c1-11(16(22)23)14(13-9-7-6-8-10-13)20-15(21)12(2)19-17(24)18(3,4)5/h6-12,14H,1-5H3,(H,19,24)(H,20,21)(H,22,23)/t11-,12+,14-/m1/s1. The quantitative estimate of drug-likeness (QED) is 0.742. The minimum atomic E-state index is -1.00. The average Bonchev–Trinajstić information content (AvgIpc) is 2.51. The van der Waals surface area contributed by atoms with Gasteiger partial charge in [-0.25, -0.2) is 0 Å². The van der Waals surface area contributed by atoms with E-state index in [1.807, 2.05) is 6.07 Å². The lowest BCUT2D eigenvalue weighted by Crippen LogP contribution is -2.50. The van der Waals surface area contributed by atoms with E-state index in [1.165, 1.54) is 0 Å². The van der Waals surface area contributed by atoms with Gasteiger partial charge in [0, 0.05) is 5.41 Å². The first-order valence-corrected chi connectivity index (χ1v) is 7.93. The molecule has 0 aromatic heterocycles. The second kappa shape index (κ2) is 7.95. The van der Waals surface area contributed by atoms with Gasteiger partial charge >= 0.3 is 5.97 Å². The normalized spacial score (nSPS) is 15.0. The zero-order chi connectivity index (χ0) is 18.5. The number of nitrogens with one attached hydrogen (secondary N) is 2. The Bertz CT molecular complexity index is 593. The van der Waals surface area contributed by atoms with Crippen LogP contribution < -0.4 is 10.6 Å². The highest BCUT2D eigenvalue weighted by Gasteiger charge is 2.30. The van der Waals surface area contributed by atoms with Gasteiger partial charge in [0.25, 0.3) is 0 Å². The predicted molar refractivity (Wildman–Crippen MR) is 91.2 cm³/mol. The number of hydrogen-bond donors (Lipinski definition) is 3. The van der Waals surface area contributed by atoms with E-state index in [0.29, 0.717) is 5.56 Å². The fraction of sp³-hybridized carbons (Fsp3) is 0.500. The van der Waals surface area contributed by atoms with E-state index in [0.717, 1.165) is 0 Å². The number of amides is 2. The summed E-state index contributed by atoms with van der Waals surface area (Å²) in [5.41, 5.74) is 0.0944. The van der Waals surface area contributed by atoms with Gasteiger partial charge in [0.2, 0.25) is 11.8 Å².